The van der Waals surface area contributed by atoms with Crippen LogP contribution < -0.4 is 0 Å². The summed E-state index contributed by atoms with van der Waals surface area (Å²) in [6.07, 6.45) is 0. The monoisotopic (exact) mass is 306 g/mol. The summed E-state index contributed by atoms with van der Waals surface area (Å²) in [5.41, 5.74) is 0. The lowest BCUT2D eigenvalue weighted by Crippen LogP contribution is -2.45. The first-order valence-electron chi connectivity index (χ1n) is 5.52. The SMILES string of the molecule is O=C(O)CN([CH2][AlH][N](CC(=O)O)CC(=O)O)CC(=O)O. The number of carboxylic acid groups (broad SMARTS) is 4. The molecular formula is C9H15AlN2O8. The molecule has 0 fully saturated rings. The lowest BCUT2D eigenvalue weighted by Gasteiger charge is -2.22. The van der Waals surface area contributed by atoms with Gasteiger partial charge in [-0.2, -0.15) is 0 Å². The van der Waals surface area contributed by atoms with E-state index in [1.165, 1.54) is 3.88 Å². The van der Waals surface area contributed by atoms with E-state index in [-0.39, 0.29) is 5.41 Å². The maximum atomic E-state index is 10.6. The molecule has 0 aliphatic rings. The second-order valence-electron chi connectivity index (χ2n) is 4.00. The molecule has 20 heavy (non-hydrogen) atoms. The van der Waals surface area contributed by atoms with Gasteiger partial charge in [0.15, 0.2) is 0 Å². The highest BCUT2D eigenvalue weighted by atomic mass is 27.1. The minimum atomic E-state index is -1.42. The first-order chi connectivity index (χ1) is 9.20. The number of nitrogens with zero attached hydrogens (tertiary/aromatic N) is 2. The molecule has 0 unspecified atom stereocenters. The third kappa shape index (κ3) is 10.3. The number of hydrogen-bond donors (Lipinski definition) is 4. The zero-order chi connectivity index (χ0) is 15.7. The van der Waals surface area contributed by atoms with Gasteiger partial charge in [0, 0.05) is 0 Å². The fourth-order valence-electron chi connectivity index (χ4n) is 1.48. The summed E-state index contributed by atoms with van der Waals surface area (Å²) >= 11 is -1.42. The third-order valence-corrected chi connectivity index (χ3v) is 4.08. The summed E-state index contributed by atoms with van der Waals surface area (Å²) < 4.78 is 1.21. The zero-order valence-electron chi connectivity index (χ0n) is 10.6. The molecule has 10 nitrogen and oxygen atoms in total. The summed E-state index contributed by atoms with van der Waals surface area (Å²) in [6, 6.07) is 0. The lowest BCUT2D eigenvalue weighted by atomic mass is 10.5. The van der Waals surface area contributed by atoms with Crippen molar-refractivity contribution in [2.24, 2.45) is 0 Å². The normalized spacial score (nSPS) is 10.5. The largest absolute Gasteiger partial charge is 0.480 e. The van der Waals surface area contributed by atoms with E-state index in [4.69, 9.17) is 20.4 Å². The first kappa shape index (κ1) is 18.3. The summed E-state index contributed by atoms with van der Waals surface area (Å²) in [5, 5.41) is 34.6. The van der Waals surface area contributed by atoms with Crippen LogP contribution in [0.2, 0.25) is 0 Å². The van der Waals surface area contributed by atoms with Crippen molar-refractivity contribution in [3.8, 4) is 0 Å². The minimum Gasteiger partial charge on any atom is -0.480 e. The second kappa shape index (κ2) is 9.27. The van der Waals surface area contributed by atoms with Gasteiger partial charge in [0.1, 0.15) is 0 Å². The van der Waals surface area contributed by atoms with Gasteiger partial charge >= 0.3 is 39.3 Å². The molecule has 4 N–H and O–H groups in total. The Morgan fingerprint density at radius 3 is 1.35 bits per heavy atom. The van der Waals surface area contributed by atoms with Crippen LogP contribution in [0, 0.1) is 0 Å². The van der Waals surface area contributed by atoms with E-state index in [1.54, 1.807) is 0 Å². The highest BCUT2D eigenvalue weighted by molar-refractivity contribution is 6.33. The van der Waals surface area contributed by atoms with E-state index < -0.39 is 65.5 Å². The first-order valence-corrected chi connectivity index (χ1v) is 7.15. The summed E-state index contributed by atoms with van der Waals surface area (Å²) in [4.78, 5) is 43.4. The number of rotatable bonds is 11. The molecule has 0 aromatic rings. The second-order valence-corrected chi connectivity index (χ2v) is 5.79. The Morgan fingerprint density at radius 2 is 1.05 bits per heavy atom. The fraction of sp³-hybridized carbons (Fsp3) is 0.556. The van der Waals surface area contributed by atoms with E-state index in [2.05, 4.69) is 0 Å². The molecule has 0 aliphatic carbocycles. The molecule has 0 heterocycles. The van der Waals surface area contributed by atoms with Crippen molar-refractivity contribution < 1.29 is 39.6 Å². The van der Waals surface area contributed by atoms with Crippen LogP contribution in [0.15, 0.2) is 0 Å². The highest BCUT2D eigenvalue weighted by Gasteiger charge is 2.19. The van der Waals surface area contributed by atoms with Crippen molar-refractivity contribution in [1.29, 1.82) is 0 Å². The summed E-state index contributed by atoms with van der Waals surface area (Å²) in [7, 11) is 0. The Kier molecular flexibility index (Phi) is 8.50. The Labute approximate surface area is 120 Å². The Bertz CT molecular complexity index is 320. The minimum absolute atomic E-state index is 0.0686. The van der Waals surface area contributed by atoms with Crippen LogP contribution in [0.3, 0.4) is 0 Å². The molecule has 0 aliphatic heterocycles. The molecule has 11 heteroatoms. The van der Waals surface area contributed by atoms with Crippen molar-refractivity contribution in [3.05, 3.63) is 0 Å². The average Bonchev–Trinajstić information content (AvgIpc) is 2.22. The molecule has 0 saturated heterocycles. The number of carbonyl (C=O) groups is 4. The lowest BCUT2D eigenvalue weighted by molar-refractivity contribution is -0.143. The van der Waals surface area contributed by atoms with Gasteiger partial charge in [0.05, 0.1) is 26.2 Å². The van der Waals surface area contributed by atoms with Crippen LogP contribution in [0.25, 0.3) is 0 Å². The van der Waals surface area contributed by atoms with Crippen LogP contribution in [0.1, 0.15) is 0 Å². The van der Waals surface area contributed by atoms with Gasteiger partial charge < -0.3 is 24.3 Å². The third-order valence-electron chi connectivity index (χ3n) is 2.17. The molecular weight excluding hydrogens is 291 g/mol. The van der Waals surface area contributed by atoms with Crippen LogP contribution in [-0.4, -0.2) is 100 Å². The van der Waals surface area contributed by atoms with Gasteiger partial charge in [-0.3, -0.25) is 24.1 Å². The predicted octanol–water partition coefficient (Wildman–Crippen LogP) is -2.76. The Morgan fingerprint density at radius 1 is 0.700 bits per heavy atom. The van der Waals surface area contributed by atoms with E-state index in [9.17, 15) is 19.2 Å². The van der Waals surface area contributed by atoms with Crippen molar-refractivity contribution >= 4 is 39.3 Å². The van der Waals surface area contributed by atoms with E-state index in [0.717, 1.165) is 4.90 Å². The van der Waals surface area contributed by atoms with Crippen LogP contribution in [-0.2, 0) is 19.2 Å². The van der Waals surface area contributed by atoms with Crippen molar-refractivity contribution in [3.63, 3.8) is 0 Å². The zero-order valence-corrected chi connectivity index (χ0v) is 12.0. The number of aliphatic carboxylic acids is 4. The molecule has 112 valence electrons. The van der Waals surface area contributed by atoms with Crippen molar-refractivity contribution in [1.82, 2.24) is 8.78 Å². The number of hydrogen-bond acceptors (Lipinski definition) is 6. The predicted molar refractivity (Wildman–Crippen MR) is 65.7 cm³/mol. The van der Waals surface area contributed by atoms with E-state index >= 15 is 0 Å². The van der Waals surface area contributed by atoms with Gasteiger partial charge in [0.2, 0.25) is 0 Å². The van der Waals surface area contributed by atoms with Crippen LogP contribution >= 0.6 is 0 Å². The highest BCUT2D eigenvalue weighted by Crippen LogP contribution is 1.92. The molecule has 0 spiro atoms. The summed E-state index contributed by atoms with van der Waals surface area (Å²) in [5.74, 6) is -4.80. The van der Waals surface area contributed by atoms with Gasteiger partial charge in [-0.15, -0.1) is 0 Å². The van der Waals surface area contributed by atoms with E-state index in [1.807, 2.05) is 0 Å². The van der Waals surface area contributed by atoms with Gasteiger partial charge in [-0.25, -0.2) is 0 Å². The molecule has 0 rings (SSSR count). The molecule has 0 atom stereocenters. The van der Waals surface area contributed by atoms with Crippen LogP contribution in [0.5, 0.6) is 0 Å². The standard InChI is InChI=1S/C5H8NO4.C4H6NO4.Al.H/c1-6(2-4(7)8)3-5(9)10;6-3(7)1-5-2-4(8)9;;/h1-3H2,(H,7,8)(H,9,10);1-2H2,(H,6,7)(H,8,9);;/q;-1;+1;. The molecule has 0 saturated carbocycles. The van der Waals surface area contributed by atoms with Gasteiger partial charge in [-0.05, 0) is 5.41 Å². The Balaban J connectivity index is 4.49. The van der Waals surface area contributed by atoms with Crippen LogP contribution in [0.4, 0.5) is 0 Å². The molecule has 0 bridgehead atoms. The topological polar surface area (TPSA) is 156 Å². The molecule has 0 aromatic carbocycles. The molecule has 0 amide bonds. The maximum absolute atomic E-state index is 10.6. The summed E-state index contributed by atoms with van der Waals surface area (Å²) in [6.45, 7) is -1.92. The quantitative estimate of drug-likeness (QED) is 0.295. The van der Waals surface area contributed by atoms with Crippen molar-refractivity contribution in [2.45, 2.75) is 0 Å². The Hall–Kier alpha value is -1.67. The average molecular weight is 306 g/mol. The van der Waals surface area contributed by atoms with Crippen molar-refractivity contribution in [2.75, 3.05) is 31.6 Å². The van der Waals surface area contributed by atoms with Gasteiger partial charge in [-0.1, -0.05) is 0 Å². The van der Waals surface area contributed by atoms with E-state index in [0.29, 0.717) is 0 Å². The van der Waals surface area contributed by atoms with Gasteiger partial charge in [0.25, 0.3) is 0 Å². The fourth-order valence-corrected chi connectivity index (χ4v) is 3.06. The molecule has 0 radical (unpaired) electrons. The smallest absolute Gasteiger partial charge is 0.363 e. The number of carboxylic acids is 4. The maximum Gasteiger partial charge on any atom is 0.363 e. The molecule has 0 aromatic heterocycles.